The fourth-order valence-electron chi connectivity index (χ4n) is 1.41. The molecule has 2 N–H and O–H groups in total. The highest BCUT2D eigenvalue weighted by atomic mass is 19.1. The lowest BCUT2D eigenvalue weighted by Gasteiger charge is -2.01. The van der Waals surface area contributed by atoms with Crippen LogP contribution in [0.25, 0.3) is 0 Å². The first-order chi connectivity index (χ1) is 8.28. The quantitative estimate of drug-likeness (QED) is 0.864. The summed E-state index contributed by atoms with van der Waals surface area (Å²) in [6.07, 6.45) is 4.29. The molecule has 0 spiro atoms. The third kappa shape index (κ3) is 3.29. The van der Waals surface area contributed by atoms with E-state index >= 15 is 0 Å². The standard InChI is InChI=1S/C12H14FN3O/c13-10-2-4-11(5-3-10)17-12-8-15-16(9-12)7-1-6-14/h2-5,8-9H,1,6-7,14H2. The summed E-state index contributed by atoms with van der Waals surface area (Å²) >= 11 is 0. The molecule has 1 heterocycles. The fourth-order valence-corrected chi connectivity index (χ4v) is 1.41. The molecule has 0 aliphatic heterocycles. The van der Waals surface area contributed by atoms with Gasteiger partial charge in [-0.3, -0.25) is 4.68 Å². The van der Waals surface area contributed by atoms with Crippen molar-refractivity contribution in [2.45, 2.75) is 13.0 Å². The Kier molecular flexibility index (Phi) is 3.72. The number of ether oxygens (including phenoxy) is 1. The molecule has 0 unspecified atom stereocenters. The summed E-state index contributed by atoms with van der Waals surface area (Å²) in [5.41, 5.74) is 5.41. The van der Waals surface area contributed by atoms with Gasteiger partial charge in [-0.1, -0.05) is 0 Å². The van der Waals surface area contributed by atoms with E-state index in [0.717, 1.165) is 13.0 Å². The van der Waals surface area contributed by atoms with E-state index in [4.69, 9.17) is 10.5 Å². The molecule has 0 saturated carbocycles. The Morgan fingerprint density at radius 1 is 1.24 bits per heavy atom. The van der Waals surface area contributed by atoms with Crippen LogP contribution in [0.3, 0.4) is 0 Å². The van der Waals surface area contributed by atoms with Crippen LogP contribution in [0.2, 0.25) is 0 Å². The van der Waals surface area contributed by atoms with Crippen LogP contribution in [-0.4, -0.2) is 16.3 Å². The molecule has 0 fully saturated rings. The van der Waals surface area contributed by atoms with Gasteiger partial charge in [0.1, 0.15) is 11.6 Å². The number of nitrogens with two attached hydrogens (primary N) is 1. The van der Waals surface area contributed by atoms with E-state index in [-0.39, 0.29) is 5.82 Å². The molecule has 0 aliphatic carbocycles. The van der Waals surface area contributed by atoms with Gasteiger partial charge in [0.25, 0.3) is 0 Å². The Morgan fingerprint density at radius 3 is 2.71 bits per heavy atom. The minimum Gasteiger partial charge on any atom is -0.454 e. The molecule has 1 aromatic carbocycles. The summed E-state index contributed by atoms with van der Waals surface area (Å²) in [6.45, 7) is 1.40. The zero-order chi connectivity index (χ0) is 12.1. The molecular weight excluding hydrogens is 221 g/mol. The lowest BCUT2D eigenvalue weighted by molar-refractivity contribution is 0.478. The highest BCUT2D eigenvalue weighted by Gasteiger charge is 2.01. The van der Waals surface area contributed by atoms with E-state index in [1.54, 1.807) is 29.2 Å². The second kappa shape index (κ2) is 5.45. The summed E-state index contributed by atoms with van der Waals surface area (Å²) in [5, 5.41) is 4.13. The van der Waals surface area contributed by atoms with Gasteiger partial charge in [-0.05, 0) is 37.2 Å². The molecule has 0 radical (unpaired) electrons. The molecule has 1 aromatic heterocycles. The molecule has 5 heteroatoms. The van der Waals surface area contributed by atoms with Crippen molar-refractivity contribution in [2.24, 2.45) is 5.73 Å². The highest BCUT2D eigenvalue weighted by molar-refractivity contribution is 5.28. The van der Waals surface area contributed by atoms with Crippen molar-refractivity contribution in [1.82, 2.24) is 9.78 Å². The van der Waals surface area contributed by atoms with Gasteiger partial charge in [-0.15, -0.1) is 0 Å². The van der Waals surface area contributed by atoms with Gasteiger partial charge in [0.15, 0.2) is 5.75 Å². The van der Waals surface area contributed by atoms with E-state index in [1.807, 2.05) is 0 Å². The Labute approximate surface area is 98.8 Å². The van der Waals surface area contributed by atoms with Gasteiger partial charge < -0.3 is 10.5 Å². The summed E-state index contributed by atoms with van der Waals surface area (Å²) in [4.78, 5) is 0. The molecule has 4 nitrogen and oxygen atoms in total. The van der Waals surface area contributed by atoms with Crippen LogP contribution >= 0.6 is 0 Å². The van der Waals surface area contributed by atoms with Crippen LogP contribution in [0, 0.1) is 5.82 Å². The number of benzene rings is 1. The Bertz CT molecular complexity index is 467. The predicted molar refractivity (Wildman–Crippen MR) is 62.4 cm³/mol. The summed E-state index contributed by atoms with van der Waals surface area (Å²) in [5.74, 6) is 0.939. The predicted octanol–water partition coefficient (Wildman–Crippen LogP) is 2.16. The minimum atomic E-state index is -0.281. The van der Waals surface area contributed by atoms with E-state index < -0.39 is 0 Å². The first-order valence-corrected chi connectivity index (χ1v) is 5.44. The second-order valence-electron chi connectivity index (χ2n) is 3.64. The number of nitrogens with zero attached hydrogens (tertiary/aromatic N) is 2. The van der Waals surface area contributed by atoms with Gasteiger partial charge in [0, 0.05) is 6.54 Å². The monoisotopic (exact) mass is 235 g/mol. The topological polar surface area (TPSA) is 53.1 Å². The summed E-state index contributed by atoms with van der Waals surface area (Å²) < 4.78 is 20.0. The Hall–Kier alpha value is -1.88. The van der Waals surface area contributed by atoms with Crippen LogP contribution in [0.5, 0.6) is 11.5 Å². The molecule has 0 bridgehead atoms. The largest absolute Gasteiger partial charge is 0.454 e. The molecule has 2 aromatic rings. The molecule has 0 amide bonds. The molecule has 17 heavy (non-hydrogen) atoms. The lowest BCUT2D eigenvalue weighted by atomic mass is 10.3. The van der Waals surface area contributed by atoms with Crippen molar-refractivity contribution in [1.29, 1.82) is 0 Å². The maximum absolute atomic E-state index is 12.7. The van der Waals surface area contributed by atoms with Crippen LogP contribution in [0.1, 0.15) is 6.42 Å². The molecule has 0 aliphatic rings. The van der Waals surface area contributed by atoms with E-state index in [9.17, 15) is 4.39 Å². The first kappa shape index (κ1) is 11.6. The van der Waals surface area contributed by atoms with Gasteiger partial charge in [0.05, 0.1) is 12.4 Å². The third-order valence-electron chi connectivity index (χ3n) is 2.25. The van der Waals surface area contributed by atoms with Gasteiger partial charge in [0.2, 0.25) is 0 Å². The van der Waals surface area contributed by atoms with Crippen molar-refractivity contribution >= 4 is 0 Å². The number of aryl methyl sites for hydroxylation is 1. The van der Waals surface area contributed by atoms with Crippen LogP contribution in [-0.2, 0) is 6.54 Å². The van der Waals surface area contributed by atoms with Crippen molar-refractivity contribution in [3.63, 3.8) is 0 Å². The van der Waals surface area contributed by atoms with Crippen molar-refractivity contribution in [3.8, 4) is 11.5 Å². The normalized spacial score (nSPS) is 10.5. The highest BCUT2D eigenvalue weighted by Crippen LogP contribution is 2.20. The van der Waals surface area contributed by atoms with Crippen molar-refractivity contribution < 1.29 is 9.13 Å². The number of halogens is 1. The maximum Gasteiger partial charge on any atom is 0.165 e. The van der Waals surface area contributed by atoms with Crippen molar-refractivity contribution in [3.05, 3.63) is 42.5 Å². The van der Waals surface area contributed by atoms with Crippen LogP contribution < -0.4 is 10.5 Å². The van der Waals surface area contributed by atoms with Crippen LogP contribution in [0.15, 0.2) is 36.7 Å². The number of rotatable bonds is 5. The molecule has 0 atom stereocenters. The maximum atomic E-state index is 12.7. The Morgan fingerprint density at radius 2 is 2.00 bits per heavy atom. The first-order valence-electron chi connectivity index (χ1n) is 5.44. The molecule has 2 rings (SSSR count). The average molecular weight is 235 g/mol. The van der Waals surface area contributed by atoms with Gasteiger partial charge in [-0.25, -0.2) is 4.39 Å². The third-order valence-corrected chi connectivity index (χ3v) is 2.25. The van der Waals surface area contributed by atoms with Crippen molar-refractivity contribution in [2.75, 3.05) is 6.54 Å². The van der Waals surface area contributed by atoms with E-state index in [1.165, 1.54) is 12.1 Å². The van der Waals surface area contributed by atoms with Crippen LogP contribution in [0.4, 0.5) is 4.39 Å². The number of aromatic nitrogens is 2. The second-order valence-corrected chi connectivity index (χ2v) is 3.64. The fraction of sp³-hybridized carbons (Fsp3) is 0.250. The number of hydrogen-bond acceptors (Lipinski definition) is 3. The zero-order valence-corrected chi connectivity index (χ0v) is 9.34. The van der Waals surface area contributed by atoms with Gasteiger partial charge in [-0.2, -0.15) is 5.10 Å². The summed E-state index contributed by atoms with van der Waals surface area (Å²) in [7, 11) is 0. The lowest BCUT2D eigenvalue weighted by Crippen LogP contribution is -2.05. The minimum absolute atomic E-state index is 0.281. The SMILES string of the molecule is NCCCn1cc(Oc2ccc(F)cc2)cn1. The van der Waals surface area contributed by atoms with Gasteiger partial charge >= 0.3 is 0 Å². The zero-order valence-electron chi connectivity index (χ0n) is 9.34. The molecule has 0 saturated heterocycles. The number of hydrogen-bond donors (Lipinski definition) is 1. The summed E-state index contributed by atoms with van der Waals surface area (Å²) in [6, 6.07) is 5.86. The average Bonchev–Trinajstić information content (AvgIpc) is 2.77. The molecular formula is C12H14FN3O. The Balaban J connectivity index is 1.98. The molecule has 90 valence electrons. The van der Waals surface area contributed by atoms with E-state index in [0.29, 0.717) is 18.0 Å². The van der Waals surface area contributed by atoms with E-state index in [2.05, 4.69) is 5.10 Å². The smallest absolute Gasteiger partial charge is 0.165 e.